The molecule has 0 saturated heterocycles. The van der Waals surface area contributed by atoms with Crippen LogP contribution in [0.25, 0.3) is 0 Å². The van der Waals surface area contributed by atoms with E-state index >= 15 is 0 Å². The Kier molecular flexibility index (Phi) is 4.86. The summed E-state index contributed by atoms with van der Waals surface area (Å²) in [6.07, 6.45) is 19.2. The van der Waals surface area contributed by atoms with E-state index in [4.69, 9.17) is 11.6 Å². The van der Waals surface area contributed by atoms with Crippen molar-refractivity contribution in [3.8, 4) is 0 Å². The molecule has 1 heterocycles. The van der Waals surface area contributed by atoms with Crippen LogP contribution in [0.1, 0.15) is 5.56 Å². The molecule has 1 aliphatic heterocycles. The van der Waals surface area contributed by atoms with Crippen LogP contribution in [-0.2, 0) is 11.3 Å². The second-order valence-corrected chi connectivity index (χ2v) is 5.82. The first kappa shape index (κ1) is 15.5. The molecule has 0 bridgehead atoms. The third kappa shape index (κ3) is 4.28. The Bertz CT molecular complexity index is 760. The average Bonchev–Trinajstić information content (AvgIpc) is 2.58. The van der Waals surface area contributed by atoms with Crippen LogP contribution >= 0.6 is 11.6 Å². The van der Waals surface area contributed by atoms with E-state index in [1.54, 1.807) is 12.2 Å². The van der Waals surface area contributed by atoms with E-state index in [-0.39, 0.29) is 5.78 Å². The Morgan fingerprint density at radius 3 is 2.13 bits per heavy atom. The smallest absolute Gasteiger partial charge is 0.178 e. The fourth-order valence-corrected chi connectivity index (χ4v) is 2.58. The maximum absolute atomic E-state index is 11.1. The number of benzene rings is 1. The van der Waals surface area contributed by atoms with Gasteiger partial charge in [0.2, 0.25) is 0 Å². The molecule has 1 aromatic rings. The van der Waals surface area contributed by atoms with Crippen molar-refractivity contribution in [3.05, 3.63) is 107 Å². The molecule has 3 heteroatoms. The number of allylic oxidation sites excluding steroid dienone is 10. The van der Waals surface area contributed by atoms with Crippen LogP contribution in [0, 0.1) is 0 Å². The second-order valence-electron chi connectivity index (χ2n) is 5.41. The zero-order valence-corrected chi connectivity index (χ0v) is 13.3. The van der Waals surface area contributed by atoms with Crippen LogP contribution in [0.3, 0.4) is 0 Å². The second kappa shape index (κ2) is 7.23. The van der Waals surface area contributed by atoms with Crippen LogP contribution in [0.4, 0.5) is 0 Å². The highest BCUT2D eigenvalue weighted by molar-refractivity contribution is 6.31. The van der Waals surface area contributed by atoms with Gasteiger partial charge in [-0.3, -0.25) is 9.69 Å². The minimum atomic E-state index is 0.0334. The predicted octanol–water partition coefficient (Wildman–Crippen LogP) is 3.31. The normalized spacial score (nSPS) is 19.3. The topological polar surface area (TPSA) is 21.5 Å². The lowest BCUT2D eigenvalue weighted by molar-refractivity contribution is -0.806. The van der Waals surface area contributed by atoms with Crippen LogP contribution in [0.2, 0.25) is 5.02 Å². The van der Waals surface area contributed by atoms with Gasteiger partial charge in [-0.25, -0.2) is 0 Å². The summed E-state index contributed by atoms with van der Waals surface area (Å²) in [5.41, 5.74) is 3.28. The highest BCUT2D eigenvalue weighted by Crippen LogP contribution is 2.14. The quantitative estimate of drug-likeness (QED) is 0.906. The van der Waals surface area contributed by atoms with Gasteiger partial charge in [0.1, 0.15) is 6.54 Å². The lowest BCUT2D eigenvalue weighted by atomic mass is 10.1. The zero-order valence-electron chi connectivity index (χ0n) is 12.6. The first-order valence-electron chi connectivity index (χ1n) is 7.48. The standard InChI is InChI=1S/C20H16ClNO/c21-20-4-2-1-3-18(20)15-22-13-11-17(12-14-22)6-5-16-7-9-19(23)10-8-16/h1-14H,15H2/p+1. The summed E-state index contributed by atoms with van der Waals surface area (Å²) < 4.78 is 0. The van der Waals surface area contributed by atoms with Crippen LogP contribution < -0.4 is 4.90 Å². The van der Waals surface area contributed by atoms with Crippen molar-refractivity contribution < 1.29 is 9.69 Å². The molecule has 0 fully saturated rings. The van der Waals surface area contributed by atoms with Crippen molar-refractivity contribution in [3.63, 3.8) is 0 Å². The van der Waals surface area contributed by atoms with Gasteiger partial charge in [-0.1, -0.05) is 54.1 Å². The number of carbonyl (C=O) groups is 1. The van der Waals surface area contributed by atoms with Crippen molar-refractivity contribution >= 4 is 17.4 Å². The Hall–Kier alpha value is -2.42. The molecule has 23 heavy (non-hydrogen) atoms. The SMILES string of the molecule is O=C1C=CC(=CC=C2C=C[NH+](Cc3ccccc3Cl)C=C2)C=C1. The van der Waals surface area contributed by atoms with E-state index in [9.17, 15) is 4.79 Å². The Balaban J connectivity index is 1.64. The van der Waals surface area contributed by atoms with E-state index < -0.39 is 0 Å². The molecule has 0 atom stereocenters. The summed E-state index contributed by atoms with van der Waals surface area (Å²) >= 11 is 6.20. The molecule has 0 saturated carbocycles. The fourth-order valence-electron chi connectivity index (χ4n) is 2.38. The molecule has 0 spiro atoms. The van der Waals surface area contributed by atoms with E-state index in [1.165, 1.54) is 4.90 Å². The molecule has 0 unspecified atom stereocenters. The van der Waals surface area contributed by atoms with Gasteiger partial charge in [0.05, 0.1) is 12.4 Å². The van der Waals surface area contributed by atoms with Crippen molar-refractivity contribution in [2.75, 3.05) is 0 Å². The van der Waals surface area contributed by atoms with Crippen molar-refractivity contribution in [2.24, 2.45) is 0 Å². The summed E-state index contributed by atoms with van der Waals surface area (Å²) in [4.78, 5) is 12.3. The fraction of sp³-hybridized carbons (Fsp3) is 0.0500. The van der Waals surface area contributed by atoms with Crippen molar-refractivity contribution in [1.29, 1.82) is 0 Å². The number of rotatable bonds is 3. The largest absolute Gasteiger partial charge is 0.290 e. The zero-order chi connectivity index (χ0) is 16.1. The summed E-state index contributed by atoms with van der Waals surface area (Å²) in [7, 11) is 0. The number of carbonyl (C=O) groups excluding carboxylic acids is 1. The minimum Gasteiger partial charge on any atom is -0.290 e. The van der Waals surface area contributed by atoms with Crippen molar-refractivity contribution in [2.45, 2.75) is 6.54 Å². The molecule has 114 valence electrons. The van der Waals surface area contributed by atoms with Gasteiger partial charge in [-0.15, -0.1) is 0 Å². The van der Waals surface area contributed by atoms with Gasteiger partial charge >= 0.3 is 0 Å². The van der Waals surface area contributed by atoms with E-state index in [2.05, 4.69) is 30.6 Å². The molecule has 0 aromatic heterocycles. The molecule has 1 aromatic carbocycles. The number of nitrogens with one attached hydrogen (secondary N) is 1. The molecule has 3 rings (SSSR count). The van der Waals surface area contributed by atoms with Gasteiger partial charge in [0.25, 0.3) is 0 Å². The van der Waals surface area contributed by atoms with Gasteiger partial charge < -0.3 is 0 Å². The molecular weight excluding hydrogens is 306 g/mol. The van der Waals surface area contributed by atoms with Crippen molar-refractivity contribution in [1.82, 2.24) is 0 Å². The third-order valence-electron chi connectivity index (χ3n) is 3.68. The number of hydrogen-bond donors (Lipinski definition) is 1. The van der Waals surface area contributed by atoms with Gasteiger partial charge in [-0.2, -0.15) is 0 Å². The number of quaternary nitrogens is 1. The molecule has 0 radical (unpaired) electrons. The molecule has 1 N–H and O–H groups in total. The summed E-state index contributed by atoms with van der Waals surface area (Å²) in [6, 6.07) is 7.92. The molecule has 2 nitrogen and oxygen atoms in total. The summed E-state index contributed by atoms with van der Waals surface area (Å²) in [5, 5.41) is 0.804. The number of hydrogen-bond acceptors (Lipinski definition) is 1. The van der Waals surface area contributed by atoms with E-state index in [0.717, 1.165) is 28.3 Å². The Morgan fingerprint density at radius 1 is 0.870 bits per heavy atom. The van der Waals surface area contributed by atoms with Crippen LogP contribution in [-0.4, -0.2) is 5.78 Å². The molecule has 1 aliphatic carbocycles. The van der Waals surface area contributed by atoms with Gasteiger partial charge in [0, 0.05) is 10.6 Å². The minimum absolute atomic E-state index is 0.0334. The summed E-state index contributed by atoms with van der Waals surface area (Å²) in [5.74, 6) is 0.0334. The molecule has 0 amide bonds. The maximum Gasteiger partial charge on any atom is 0.178 e. The van der Waals surface area contributed by atoms with Gasteiger partial charge in [0.15, 0.2) is 5.78 Å². The molecular formula is C20H17ClNO+. The predicted molar refractivity (Wildman–Crippen MR) is 93.9 cm³/mol. The average molecular weight is 323 g/mol. The van der Waals surface area contributed by atoms with Crippen LogP contribution in [0.15, 0.2) is 96.4 Å². The number of ketones is 1. The lowest BCUT2D eigenvalue weighted by Gasteiger charge is -2.13. The van der Waals surface area contributed by atoms with E-state index in [1.807, 2.05) is 42.5 Å². The third-order valence-corrected chi connectivity index (χ3v) is 4.05. The lowest BCUT2D eigenvalue weighted by Crippen LogP contribution is -3.01. The first-order chi connectivity index (χ1) is 11.2. The molecule has 2 aliphatic rings. The number of halogens is 1. The van der Waals surface area contributed by atoms with Gasteiger partial charge in [-0.05, 0) is 41.5 Å². The highest BCUT2D eigenvalue weighted by Gasteiger charge is 2.09. The van der Waals surface area contributed by atoms with E-state index in [0.29, 0.717) is 0 Å². The van der Waals surface area contributed by atoms with Crippen LogP contribution in [0.5, 0.6) is 0 Å². The monoisotopic (exact) mass is 322 g/mol. The Morgan fingerprint density at radius 2 is 1.48 bits per heavy atom. The summed E-state index contributed by atoms with van der Waals surface area (Å²) in [6.45, 7) is 0.828. The maximum atomic E-state index is 11.1. The Labute approximate surface area is 141 Å². The first-order valence-corrected chi connectivity index (χ1v) is 7.86. The highest BCUT2D eigenvalue weighted by atomic mass is 35.5.